The van der Waals surface area contributed by atoms with Crippen LogP contribution in [0.2, 0.25) is 0 Å². The number of β-amino-alcohol motifs (C(OH)–C–C–N with tert-alkyl or cyclic N) is 1. The molecule has 20 heavy (non-hydrogen) atoms. The highest BCUT2D eigenvalue weighted by atomic mass is 19.1. The lowest BCUT2D eigenvalue weighted by molar-refractivity contribution is -0.114. The second kappa shape index (κ2) is 6.11. The van der Waals surface area contributed by atoms with Crippen molar-refractivity contribution < 1.29 is 19.1 Å². The summed E-state index contributed by atoms with van der Waals surface area (Å²) in [5.41, 5.74) is 0.416. The van der Waals surface area contributed by atoms with Crippen molar-refractivity contribution in [2.45, 2.75) is 19.4 Å². The van der Waals surface area contributed by atoms with E-state index in [9.17, 15) is 19.1 Å². The van der Waals surface area contributed by atoms with Crippen LogP contribution in [0, 0.1) is 5.82 Å². The first kappa shape index (κ1) is 14.6. The predicted molar refractivity (Wildman–Crippen MR) is 72.3 cm³/mol. The third kappa shape index (κ3) is 2.86. The zero-order chi connectivity index (χ0) is 14.7. The summed E-state index contributed by atoms with van der Waals surface area (Å²) in [5.74, 6) is -2.01. The zero-order valence-corrected chi connectivity index (χ0v) is 11.2. The van der Waals surface area contributed by atoms with Crippen LogP contribution in [0.4, 0.5) is 10.1 Å². The number of anilines is 1. The lowest BCUT2D eigenvalue weighted by Crippen LogP contribution is -2.41. The average molecular weight is 280 g/mol. The Morgan fingerprint density at radius 2 is 2.15 bits per heavy atom. The number of benzene rings is 1. The van der Waals surface area contributed by atoms with Crippen LogP contribution in [0.1, 0.15) is 23.7 Å². The van der Waals surface area contributed by atoms with E-state index in [1.54, 1.807) is 0 Å². The summed E-state index contributed by atoms with van der Waals surface area (Å²) < 4.78 is 13.1. The van der Waals surface area contributed by atoms with Crippen molar-refractivity contribution in [3.05, 3.63) is 29.6 Å². The number of ketones is 1. The van der Waals surface area contributed by atoms with Gasteiger partial charge in [-0.25, -0.2) is 4.39 Å². The standard InChI is InChI=1S/C14H17FN2O3/c1-2-5-16-7-10(18)8-17-12-4-3-9(15)6-11(12)13(19)14(17)20/h3-4,6,10,16,18H,2,5,7-8H2,1H3. The van der Waals surface area contributed by atoms with Gasteiger partial charge in [0, 0.05) is 6.54 Å². The van der Waals surface area contributed by atoms with E-state index in [-0.39, 0.29) is 12.1 Å². The number of aliphatic hydroxyl groups is 1. The highest BCUT2D eigenvalue weighted by Crippen LogP contribution is 2.29. The van der Waals surface area contributed by atoms with Crippen molar-refractivity contribution in [1.29, 1.82) is 0 Å². The number of halogens is 1. The van der Waals surface area contributed by atoms with Gasteiger partial charge in [-0.1, -0.05) is 6.92 Å². The molecule has 0 aromatic heterocycles. The second-order valence-electron chi connectivity index (χ2n) is 4.76. The molecule has 1 atom stereocenters. The number of nitrogens with one attached hydrogen (secondary N) is 1. The van der Waals surface area contributed by atoms with E-state index in [4.69, 9.17) is 0 Å². The van der Waals surface area contributed by atoms with E-state index in [2.05, 4.69) is 5.32 Å². The van der Waals surface area contributed by atoms with Gasteiger partial charge in [0.25, 0.3) is 11.7 Å². The molecule has 0 saturated carbocycles. The van der Waals surface area contributed by atoms with Crippen molar-refractivity contribution in [3.8, 4) is 0 Å². The minimum Gasteiger partial charge on any atom is -0.390 e. The van der Waals surface area contributed by atoms with Crippen LogP contribution in [-0.4, -0.2) is 42.5 Å². The summed E-state index contributed by atoms with van der Waals surface area (Å²) >= 11 is 0. The van der Waals surface area contributed by atoms with Gasteiger partial charge in [-0.15, -0.1) is 0 Å². The Morgan fingerprint density at radius 1 is 1.40 bits per heavy atom. The first-order valence-corrected chi connectivity index (χ1v) is 6.59. The SMILES string of the molecule is CCCNCC(O)CN1C(=O)C(=O)c2cc(F)ccc21. The maximum absolute atomic E-state index is 13.1. The second-order valence-corrected chi connectivity index (χ2v) is 4.76. The Kier molecular flexibility index (Phi) is 4.46. The smallest absolute Gasteiger partial charge is 0.299 e. The molecule has 1 aromatic rings. The van der Waals surface area contributed by atoms with E-state index in [0.29, 0.717) is 12.2 Å². The van der Waals surface area contributed by atoms with Gasteiger partial charge in [0.15, 0.2) is 0 Å². The van der Waals surface area contributed by atoms with Crippen LogP contribution in [0.5, 0.6) is 0 Å². The van der Waals surface area contributed by atoms with Gasteiger partial charge in [0.05, 0.1) is 23.9 Å². The molecule has 1 aliphatic heterocycles. The van der Waals surface area contributed by atoms with E-state index in [0.717, 1.165) is 19.0 Å². The van der Waals surface area contributed by atoms with E-state index < -0.39 is 23.6 Å². The topological polar surface area (TPSA) is 69.6 Å². The first-order chi connectivity index (χ1) is 9.54. The fraction of sp³-hybridized carbons (Fsp3) is 0.429. The Labute approximate surface area is 116 Å². The fourth-order valence-electron chi connectivity index (χ4n) is 2.17. The molecule has 0 radical (unpaired) electrons. The number of carbonyl (C=O) groups excluding carboxylic acids is 2. The third-order valence-electron chi connectivity index (χ3n) is 3.13. The van der Waals surface area contributed by atoms with Crippen LogP contribution in [0.15, 0.2) is 18.2 Å². The van der Waals surface area contributed by atoms with Gasteiger partial charge in [-0.05, 0) is 31.2 Å². The van der Waals surface area contributed by atoms with Gasteiger partial charge < -0.3 is 15.3 Å². The molecular weight excluding hydrogens is 263 g/mol. The number of nitrogens with zero attached hydrogens (tertiary/aromatic N) is 1. The molecular formula is C14H17FN2O3. The molecule has 1 unspecified atom stereocenters. The Hall–Kier alpha value is -1.79. The quantitative estimate of drug-likeness (QED) is 0.595. The molecule has 108 valence electrons. The molecule has 0 aliphatic carbocycles. The fourth-order valence-corrected chi connectivity index (χ4v) is 2.17. The Morgan fingerprint density at radius 3 is 2.85 bits per heavy atom. The van der Waals surface area contributed by atoms with Gasteiger partial charge in [0.1, 0.15) is 5.82 Å². The maximum Gasteiger partial charge on any atom is 0.299 e. The zero-order valence-electron chi connectivity index (χ0n) is 11.2. The van der Waals surface area contributed by atoms with Crippen molar-refractivity contribution in [3.63, 3.8) is 0 Å². The molecule has 5 nitrogen and oxygen atoms in total. The first-order valence-electron chi connectivity index (χ1n) is 6.59. The lowest BCUT2D eigenvalue weighted by Gasteiger charge is -2.20. The number of hydrogen-bond acceptors (Lipinski definition) is 4. The van der Waals surface area contributed by atoms with E-state index in [1.807, 2.05) is 6.92 Å². The average Bonchev–Trinajstić information content (AvgIpc) is 2.64. The van der Waals surface area contributed by atoms with Crippen LogP contribution < -0.4 is 10.2 Å². The molecule has 6 heteroatoms. The number of aliphatic hydroxyl groups excluding tert-OH is 1. The van der Waals surface area contributed by atoms with Crippen LogP contribution in [0.25, 0.3) is 0 Å². The molecule has 1 aliphatic rings. The summed E-state index contributed by atoms with van der Waals surface area (Å²) in [5, 5.41) is 12.9. The van der Waals surface area contributed by atoms with Crippen molar-refractivity contribution >= 4 is 17.4 Å². The van der Waals surface area contributed by atoms with Gasteiger partial charge in [0.2, 0.25) is 0 Å². The predicted octanol–water partition coefficient (Wildman–Crippen LogP) is 0.715. The van der Waals surface area contributed by atoms with Crippen molar-refractivity contribution in [1.82, 2.24) is 5.32 Å². The Bertz CT molecular complexity index is 533. The molecule has 1 aromatic carbocycles. The van der Waals surface area contributed by atoms with Crippen LogP contribution >= 0.6 is 0 Å². The number of carbonyl (C=O) groups is 2. The minimum atomic E-state index is -0.783. The number of hydrogen-bond donors (Lipinski definition) is 2. The van der Waals surface area contributed by atoms with Crippen molar-refractivity contribution in [2.24, 2.45) is 0 Å². The van der Waals surface area contributed by atoms with Gasteiger partial charge in [-0.3, -0.25) is 9.59 Å². The highest BCUT2D eigenvalue weighted by molar-refractivity contribution is 6.52. The molecule has 0 saturated heterocycles. The summed E-state index contributed by atoms with van der Waals surface area (Å²) in [7, 11) is 0. The number of fused-ring (bicyclic) bond motifs is 1. The molecule has 0 bridgehead atoms. The largest absolute Gasteiger partial charge is 0.390 e. The Balaban J connectivity index is 2.10. The summed E-state index contributed by atoms with van der Waals surface area (Å²) in [6.45, 7) is 3.13. The number of rotatable bonds is 6. The van der Waals surface area contributed by atoms with E-state index >= 15 is 0 Å². The minimum absolute atomic E-state index is 0.0138. The summed E-state index contributed by atoms with van der Waals surface area (Å²) in [6, 6.07) is 3.64. The van der Waals surface area contributed by atoms with E-state index in [1.165, 1.54) is 17.0 Å². The number of Topliss-reactive ketones (excluding diaryl/α,β-unsaturated/α-hetero) is 1. The third-order valence-corrected chi connectivity index (χ3v) is 3.13. The highest BCUT2D eigenvalue weighted by Gasteiger charge is 2.36. The molecule has 1 heterocycles. The molecule has 1 amide bonds. The van der Waals surface area contributed by atoms with Crippen LogP contribution in [-0.2, 0) is 4.79 Å². The van der Waals surface area contributed by atoms with Gasteiger partial charge in [-0.2, -0.15) is 0 Å². The number of amides is 1. The normalized spacial score (nSPS) is 15.7. The molecule has 2 N–H and O–H groups in total. The lowest BCUT2D eigenvalue weighted by atomic mass is 10.1. The maximum atomic E-state index is 13.1. The monoisotopic (exact) mass is 280 g/mol. The van der Waals surface area contributed by atoms with Crippen LogP contribution in [0.3, 0.4) is 0 Å². The molecule has 0 fully saturated rings. The molecule has 2 rings (SSSR count). The summed E-state index contributed by atoms with van der Waals surface area (Å²) in [6.07, 6.45) is 0.157. The summed E-state index contributed by atoms with van der Waals surface area (Å²) in [4.78, 5) is 24.8. The van der Waals surface area contributed by atoms with Gasteiger partial charge >= 0.3 is 0 Å². The van der Waals surface area contributed by atoms with Crippen molar-refractivity contribution in [2.75, 3.05) is 24.5 Å². The molecule has 0 spiro atoms.